The lowest BCUT2D eigenvalue weighted by molar-refractivity contribution is 0.0697. The Labute approximate surface area is 128 Å². The molecule has 0 atom stereocenters. The first kappa shape index (κ1) is 14.6. The van der Waals surface area contributed by atoms with Crippen molar-refractivity contribution in [2.24, 2.45) is 0 Å². The molecule has 1 aromatic carbocycles. The predicted octanol–water partition coefficient (Wildman–Crippen LogP) is 3.95. The van der Waals surface area contributed by atoms with Gasteiger partial charge >= 0.3 is 5.97 Å². The summed E-state index contributed by atoms with van der Waals surface area (Å²) in [4.78, 5) is 15.0. The molecule has 1 aromatic heterocycles. The van der Waals surface area contributed by atoms with Crippen LogP contribution in [0.5, 0.6) is 5.75 Å². The maximum atomic E-state index is 11.0. The van der Waals surface area contributed by atoms with Gasteiger partial charge in [-0.2, -0.15) is 0 Å². The Morgan fingerprint density at radius 2 is 2.15 bits per heavy atom. The Bertz CT molecular complexity index is 664. The van der Waals surface area contributed by atoms with E-state index in [1.165, 1.54) is 12.1 Å². The molecule has 20 heavy (non-hydrogen) atoms. The number of methoxy groups -OCH3 is 1. The van der Waals surface area contributed by atoms with Crippen molar-refractivity contribution >= 4 is 45.0 Å². The number of hydrogen-bond acceptors (Lipinski definition) is 4. The third-order valence-electron chi connectivity index (χ3n) is 2.47. The maximum Gasteiger partial charge on any atom is 0.335 e. The number of halogens is 2. The van der Waals surface area contributed by atoms with Gasteiger partial charge in [0.2, 0.25) is 0 Å². The number of pyridine rings is 1. The van der Waals surface area contributed by atoms with Crippen molar-refractivity contribution in [1.82, 2.24) is 4.98 Å². The Morgan fingerprint density at radius 3 is 2.75 bits per heavy atom. The largest absolute Gasteiger partial charge is 0.496 e. The summed E-state index contributed by atoms with van der Waals surface area (Å²) < 4.78 is 5.90. The van der Waals surface area contributed by atoms with Gasteiger partial charge in [-0.3, -0.25) is 0 Å². The van der Waals surface area contributed by atoms with E-state index in [2.05, 4.69) is 26.2 Å². The van der Waals surface area contributed by atoms with Crippen molar-refractivity contribution in [1.29, 1.82) is 0 Å². The van der Waals surface area contributed by atoms with Crippen molar-refractivity contribution in [3.63, 3.8) is 0 Å². The van der Waals surface area contributed by atoms with Crippen LogP contribution in [0, 0.1) is 0 Å². The number of nitrogens with one attached hydrogen (secondary N) is 1. The molecule has 0 bridgehead atoms. The zero-order valence-corrected chi connectivity index (χ0v) is 12.7. The van der Waals surface area contributed by atoms with Crippen LogP contribution in [0.4, 0.5) is 11.5 Å². The molecule has 0 fully saturated rings. The summed E-state index contributed by atoms with van der Waals surface area (Å²) in [6.45, 7) is 0. The molecule has 1 heterocycles. The van der Waals surface area contributed by atoms with E-state index < -0.39 is 5.97 Å². The molecule has 0 saturated carbocycles. The minimum atomic E-state index is -1.06. The van der Waals surface area contributed by atoms with E-state index in [1.54, 1.807) is 25.3 Å². The van der Waals surface area contributed by atoms with Gasteiger partial charge in [-0.05, 0) is 46.3 Å². The normalized spacial score (nSPS) is 10.2. The van der Waals surface area contributed by atoms with E-state index in [9.17, 15) is 4.79 Å². The molecule has 104 valence electrons. The van der Waals surface area contributed by atoms with Crippen LogP contribution in [-0.2, 0) is 0 Å². The minimum absolute atomic E-state index is 0.0695. The van der Waals surface area contributed by atoms with Crippen LogP contribution in [0.2, 0.25) is 5.15 Å². The zero-order valence-electron chi connectivity index (χ0n) is 10.4. The molecule has 0 amide bonds. The highest BCUT2D eigenvalue weighted by Crippen LogP contribution is 2.29. The number of hydrogen-bond donors (Lipinski definition) is 2. The van der Waals surface area contributed by atoms with Gasteiger partial charge in [0.05, 0.1) is 17.1 Å². The summed E-state index contributed by atoms with van der Waals surface area (Å²) in [5.74, 6) is -0.0129. The molecular weight excluding hydrogens is 348 g/mol. The number of rotatable bonds is 4. The van der Waals surface area contributed by atoms with Crippen molar-refractivity contribution in [2.45, 2.75) is 0 Å². The summed E-state index contributed by atoms with van der Waals surface area (Å²) in [6, 6.07) is 8.05. The highest BCUT2D eigenvalue weighted by molar-refractivity contribution is 9.10. The molecule has 7 heteroatoms. The topological polar surface area (TPSA) is 71.5 Å². The molecule has 0 aliphatic carbocycles. The quantitative estimate of drug-likeness (QED) is 0.811. The number of nitrogens with zero attached hydrogens (tertiary/aromatic N) is 1. The number of carbonyl (C=O) groups is 1. The molecule has 0 aliphatic rings. The summed E-state index contributed by atoms with van der Waals surface area (Å²) >= 11 is 9.16. The number of carboxylic acid groups (broad SMARTS) is 1. The van der Waals surface area contributed by atoms with Crippen molar-refractivity contribution in [2.75, 3.05) is 12.4 Å². The van der Waals surface area contributed by atoms with Gasteiger partial charge < -0.3 is 15.2 Å². The number of aromatic carboxylic acids is 1. The highest BCUT2D eigenvalue weighted by Gasteiger charge is 2.08. The van der Waals surface area contributed by atoms with Crippen LogP contribution in [0.15, 0.2) is 34.8 Å². The molecular formula is C13H10BrClN2O3. The van der Waals surface area contributed by atoms with E-state index >= 15 is 0 Å². The molecule has 0 spiro atoms. The van der Waals surface area contributed by atoms with Gasteiger partial charge in [0.1, 0.15) is 16.7 Å². The fraction of sp³-hybridized carbons (Fsp3) is 0.0769. The molecule has 0 unspecified atom stereocenters. The van der Waals surface area contributed by atoms with Crippen molar-refractivity contribution in [3.8, 4) is 5.75 Å². The van der Waals surface area contributed by atoms with E-state index in [-0.39, 0.29) is 10.7 Å². The van der Waals surface area contributed by atoms with Crippen LogP contribution in [0.3, 0.4) is 0 Å². The lowest BCUT2D eigenvalue weighted by Crippen LogP contribution is -2.01. The van der Waals surface area contributed by atoms with E-state index in [0.717, 1.165) is 10.2 Å². The highest BCUT2D eigenvalue weighted by atomic mass is 79.9. The number of aromatic nitrogens is 1. The number of ether oxygens (including phenoxy) is 1. The number of benzene rings is 1. The standard InChI is InChI=1S/C13H10BrClN2O3/c1-20-10-3-2-8(6-9(10)14)16-12-5-7(13(18)19)4-11(15)17-12/h2-6H,1H3,(H,16,17)(H,18,19). The molecule has 2 aromatic rings. The minimum Gasteiger partial charge on any atom is -0.496 e. The van der Waals surface area contributed by atoms with Crippen LogP contribution in [-0.4, -0.2) is 23.2 Å². The predicted molar refractivity (Wildman–Crippen MR) is 80.2 cm³/mol. The second kappa shape index (κ2) is 6.11. The average Bonchev–Trinajstić information content (AvgIpc) is 2.38. The smallest absolute Gasteiger partial charge is 0.335 e. The lowest BCUT2D eigenvalue weighted by Gasteiger charge is -2.09. The molecule has 2 rings (SSSR count). The molecule has 0 radical (unpaired) electrons. The molecule has 5 nitrogen and oxygen atoms in total. The Balaban J connectivity index is 2.30. The van der Waals surface area contributed by atoms with Crippen LogP contribution >= 0.6 is 27.5 Å². The third-order valence-corrected chi connectivity index (χ3v) is 3.28. The van der Waals surface area contributed by atoms with Crippen LogP contribution in [0.25, 0.3) is 0 Å². The van der Waals surface area contributed by atoms with Crippen LogP contribution in [0.1, 0.15) is 10.4 Å². The van der Waals surface area contributed by atoms with Gasteiger partial charge in [0.25, 0.3) is 0 Å². The number of carboxylic acids is 1. The first-order valence-corrected chi connectivity index (χ1v) is 6.68. The number of anilines is 2. The second-order valence-corrected chi connectivity index (χ2v) is 5.08. The first-order valence-electron chi connectivity index (χ1n) is 5.51. The maximum absolute atomic E-state index is 11.0. The van der Waals surface area contributed by atoms with Gasteiger partial charge in [-0.15, -0.1) is 0 Å². The second-order valence-electron chi connectivity index (χ2n) is 3.84. The van der Waals surface area contributed by atoms with Gasteiger partial charge in [0.15, 0.2) is 0 Å². The Kier molecular flexibility index (Phi) is 4.46. The zero-order chi connectivity index (χ0) is 14.7. The lowest BCUT2D eigenvalue weighted by atomic mass is 10.2. The molecule has 0 aliphatic heterocycles. The van der Waals surface area contributed by atoms with Crippen molar-refractivity contribution < 1.29 is 14.6 Å². The molecule has 0 saturated heterocycles. The fourth-order valence-corrected chi connectivity index (χ4v) is 2.33. The van der Waals surface area contributed by atoms with Crippen LogP contribution < -0.4 is 10.1 Å². The summed E-state index contributed by atoms with van der Waals surface area (Å²) in [6.07, 6.45) is 0. The van der Waals surface area contributed by atoms with Crippen molar-refractivity contribution in [3.05, 3.63) is 45.5 Å². The first-order chi connectivity index (χ1) is 9.49. The monoisotopic (exact) mass is 356 g/mol. The Morgan fingerprint density at radius 1 is 1.40 bits per heavy atom. The SMILES string of the molecule is COc1ccc(Nc2cc(C(=O)O)cc(Cl)n2)cc1Br. The molecule has 2 N–H and O–H groups in total. The Hall–Kier alpha value is -1.79. The van der Waals surface area contributed by atoms with E-state index in [4.69, 9.17) is 21.4 Å². The van der Waals surface area contributed by atoms with Gasteiger partial charge in [-0.25, -0.2) is 9.78 Å². The van der Waals surface area contributed by atoms with Gasteiger partial charge in [0, 0.05) is 5.69 Å². The summed E-state index contributed by atoms with van der Waals surface area (Å²) in [5, 5.41) is 12.1. The summed E-state index contributed by atoms with van der Waals surface area (Å²) in [5.41, 5.74) is 0.795. The van der Waals surface area contributed by atoms with E-state index in [1.807, 2.05) is 0 Å². The van der Waals surface area contributed by atoms with Gasteiger partial charge in [-0.1, -0.05) is 11.6 Å². The average molecular weight is 358 g/mol. The third kappa shape index (κ3) is 3.40. The van der Waals surface area contributed by atoms with E-state index in [0.29, 0.717) is 11.6 Å². The summed E-state index contributed by atoms with van der Waals surface area (Å²) in [7, 11) is 1.57. The fourth-order valence-electron chi connectivity index (χ4n) is 1.58.